The summed E-state index contributed by atoms with van der Waals surface area (Å²) in [6.07, 6.45) is 1.64. The zero-order chi connectivity index (χ0) is 15.1. The van der Waals surface area contributed by atoms with E-state index < -0.39 is 21.4 Å². The van der Waals surface area contributed by atoms with Crippen molar-refractivity contribution in [1.82, 2.24) is 4.31 Å². The smallest absolute Gasteiger partial charge is 0.207 e. The molecule has 0 bridgehead atoms. The number of rotatable bonds is 4. The van der Waals surface area contributed by atoms with E-state index in [2.05, 4.69) is 6.07 Å². The van der Waals surface area contributed by atoms with E-state index in [1.54, 1.807) is 19.9 Å². The molecule has 0 N–H and O–H groups in total. The average molecular weight is 296 g/mol. The van der Waals surface area contributed by atoms with Crippen LogP contribution in [-0.4, -0.2) is 25.3 Å². The minimum atomic E-state index is -4.04. The fourth-order valence-electron chi connectivity index (χ4n) is 2.39. The summed E-state index contributed by atoms with van der Waals surface area (Å²) < 4.78 is 40.2. The van der Waals surface area contributed by atoms with Crippen molar-refractivity contribution in [1.29, 1.82) is 5.26 Å². The molecule has 0 unspecified atom stereocenters. The summed E-state index contributed by atoms with van der Waals surface area (Å²) in [7, 11) is -2.69. The Hall–Kier alpha value is -1.45. The number of hydrogen-bond acceptors (Lipinski definition) is 3. The molecule has 0 radical (unpaired) electrons. The molecule has 0 saturated heterocycles. The predicted octanol–water partition coefficient (Wildman–Crippen LogP) is 2.45. The number of nitriles is 1. The molecule has 0 spiro atoms. The topological polar surface area (TPSA) is 61.2 Å². The van der Waals surface area contributed by atoms with Gasteiger partial charge in [0.1, 0.15) is 16.3 Å². The van der Waals surface area contributed by atoms with Gasteiger partial charge in [-0.15, -0.1) is 0 Å². The van der Waals surface area contributed by atoms with Crippen LogP contribution in [0.5, 0.6) is 0 Å². The van der Waals surface area contributed by atoms with Crippen LogP contribution in [-0.2, 0) is 10.0 Å². The van der Waals surface area contributed by atoms with Crippen LogP contribution in [0.2, 0.25) is 0 Å². The molecule has 0 aliphatic heterocycles. The second-order valence-electron chi connectivity index (χ2n) is 5.39. The van der Waals surface area contributed by atoms with Crippen molar-refractivity contribution in [3.05, 3.63) is 29.6 Å². The molecule has 2 rings (SSSR count). The van der Waals surface area contributed by atoms with Crippen LogP contribution in [0.15, 0.2) is 23.1 Å². The van der Waals surface area contributed by atoms with Gasteiger partial charge in [0, 0.05) is 7.05 Å². The van der Waals surface area contributed by atoms with Gasteiger partial charge >= 0.3 is 0 Å². The Morgan fingerprint density at radius 1 is 1.45 bits per heavy atom. The lowest BCUT2D eigenvalue weighted by molar-refractivity contribution is 0.275. The van der Waals surface area contributed by atoms with Crippen LogP contribution in [0, 0.1) is 30.0 Å². The summed E-state index contributed by atoms with van der Waals surface area (Å²) in [5.74, 6) is -0.771. The highest BCUT2D eigenvalue weighted by Gasteiger charge is 2.49. The second-order valence-corrected chi connectivity index (χ2v) is 7.30. The minimum absolute atomic E-state index is 0.0133. The van der Waals surface area contributed by atoms with Gasteiger partial charge < -0.3 is 0 Å². The van der Waals surface area contributed by atoms with Crippen LogP contribution in [0.4, 0.5) is 4.39 Å². The van der Waals surface area contributed by atoms with Crippen molar-refractivity contribution < 1.29 is 12.8 Å². The maximum absolute atomic E-state index is 13.9. The zero-order valence-corrected chi connectivity index (χ0v) is 12.5. The number of sulfonamides is 1. The van der Waals surface area contributed by atoms with Crippen molar-refractivity contribution in [2.45, 2.75) is 37.1 Å². The Bertz CT molecular complexity index is 657. The molecule has 0 heterocycles. The molecular weight excluding hydrogens is 279 g/mol. The monoisotopic (exact) mass is 296 g/mol. The van der Waals surface area contributed by atoms with Gasteiger partial charge in [-0.3, -0.25) is 0 Å². The largest absolute Gasteiger partial charge is 0.247 e. The Labute approximate surface area is 118 Å². The number of benzene rings is 1. The number of nitrogens with zero attached hydrogens (tertiary/aromatic N) is 2. The van der Waals surface area contributed by atoms with Gasteiger partial charge in [0.15, 0.2) is 0 Å². The van der Waals surface area contributed by atoms with Gasteiger partial charge in [0.2, 0.25) is 10.0 Å². The van der Waals surface area contributed by atoms with E-state index in [4.69, 9.17) is 0 Å². The molecule has 1 saturated carbocycles. The van der Waals surface area contributed by atoms with Gasteiger partial charge in [-0.2, -0.15) is 9.57 Å². The predicted molar refractivity (Wildman–Crippen MR) is 72.8 cm³/mol. The van der Waals surface area contributed by atoms with Crippen LogP contribution >= 0.6 is 0 Å². The Morgan fingerprint density at radius 2 is 2.05 bits per heavy atom. The first-order chi connectivity index (χ1) is 9.25. The minimum Gasteiger partial charge on any atom is -0.207 e. The summed E-state index contributed by atoms with van der Waals surface area (Å²) in [6, 6.07) is 6.21. The first-order valence-electron chi connectivity index (χ1n) is 6.40. The van der Waals surface area contributed by atoms with Gasteiger partial charge in [-0.25, -0.2) is 12.8 Å². The van der Waals surface area contributed by atoms with E-state index in [0.29, 0.717) is 5.56 Å². The van der Waals surface area contributed by atoms with E-state index >= 15 is 0 Å². The highest BCUT2D eigenvalue weighted by molar-refractivity contribution is 7.89. The van der Waals surface area contributed by atoms with E-state index in [1.807, 2.05) is 0 Å². The summed E-state index contributed by atoms with van der Waals surface area (Å²) >= 11 is 0. The molecule has 6 heteroatoms. The Morgan fingerprint density at radius 3 is 2.50 bits per heavy atom. The van der Waals surface area contributed by atoms with Crippen LogP contribution in [0.3, 0.4) is 0 Å². The van der Waals surface area contributed by atoms with Crippen molar-refractivity contribution in [2.75, 3.05) is 7.05 Å². The molecule has 1 aliphatic rings. The quantitative estimate of drug-likeness (QED) is 0.857. The Balaban J connectivity index is 2.53. The van der Waals surface area contributed by atoms with Gasteiger partial charge in [-0.1, -0.05) is 12.1 Å². The van der Waals surface area contributed by atoms with Crippen molar-refractivity contribution in [3.63, 3.8) is 0 Å². The average Bonchev–Trinajstić information content (AvgIpc) is 3.21. The highest BCUT2D eigenvalue weighted by Crippen LogP contribution is 2.44. The summed E-state index contributed by atoms with van der Waals surface area (Å²) in [6.45, 7) is 3.14. The van der Waals surface area contributed by atoms with Crippen molar-refractivity contribution >= 4 is 10.0 Å². The van der Waals surface area contributed by atoms with E-state index in [-0.39, 0.29) is 10.8 Å². The van der Waals surface area contributed by atoms with Crippen LogP contribution in [0.1, 0.15) is 25.3 Å². The maximum atomic E-state index is 13.9. The highest BCUT2D eigenvalue weighted by atomic mass is 32.2. The van der Waals surface area contributed by atoms with Gasteiger partial charge in [0.25, 0.3) is 0 Å². The third kappa shape index (κ3) is 2.21. The summed E-state index contributed by atoms with van der Waals surface area (Å²) in [4.78, 5) is -0.343. The molecule has 0 aromatic heterocycles. The Kier molecular flexibility index (Phi) is 3.61. The van der Waals surface area contributed by atoms with Crippen molar-refractivity contribution in [3.8, 4) is 6.07 Å². The zero-order valence-electron chi connectivity index (χ0n) is 11.7. The van der Waals surface area contributed by atoms with Crippen molar-refractivity contribution in [2.24, 2.45) is 5.92 Å². The number of aryl methyl sites for hydroxylation is 1. The van der Waals surface area contributed by atoms with E-state index in [1.165, 1.54) is 13.1 Å². The first-order valence-corrected chi connectivity index (χ1v) is 7.84. The van der Waals surface area contributed by atoms with E-state index in [9.17, 15) is 18.1 Å². The normalized spacial score (nSPS) is 18.6. The lowest BCUT2D eigenvalue weighted by Gasteiger charge is -2.32. The molecule has 1 aromatic carbocycles. The molecule has 20 heavy (non-hydrogen) atoms. The summed E-state index contributed by atoms with van der Waals surface area (Å²) in [5, 5.41) is 9.37. The standard InChI is InChI=1S/C14H17FN2O2S/c1-10-5-4-6-12(15)13(10)20(18,19)17(3)14(2,9-16)11-7-8-11/h4-6,11H,7-8H2,1-3H3/t14-/m1/s1. The fourth-order valence-corrected chi connectivity index (χ4v) is 4.15. The molecule has 1 aliphatic carbocycles. The van der Waals surface area contributed by atoms with Crippen LogP contribution in [0.25, 0.3) is 0 Å². The second kappa shape index (κ2) is 4.83. The molecule has 108 valence electrons. The lowest BCUT2D eigenvalue weighted by atomic mass is 9.99. The van der Waals surface area contributed by atoms with Crippen LogP contribution < -0.4 is 0 Å². The molecule has 1 fully saturated rings. The molecule has 1 aromatic rings. The third-order valence-electron chi connectivity index (χ3n) is 4.04. The molecule has 0 amide bonds. The third-order valence-corrected chi connectivity index (χ3v) is 6.17. The van der Waals surface area contributed by atoms with Gasteiger partial charge in [-0.05, 0) is 44.2 Å². The molecule has 4 nitrogen and oxygen atoms in total. The van der Waals surface area contributed by atoms with Gasteiger partial charge in [0.05, 0.1) is 6.07 Å². The molecule has 1 atom stereocenters. The maximum Gasteiger partial charge on any atom is 0.247 e. The summed E-state index contributed by atoms with van der Waals surface area (Å²) in [5.41, 5.74) is -0.791. The molecular formula is C14H17FN2O2S. The van der Waals surface area contributed by atoms with E-state index in [0.717, 1.165) is 23.2 Å². The number of halogens is 1. The first kappa shape index (κ1) is 14.9. The number of hydrogen-bond donors (Lipinski definition) is 0. The fraction of sp³-hybridized carbons (Fsp3) is 0.500. The lowest BCUT2D eigenvalue weighted by Crippen LogP contribution is -2.48. The SMILES string of the molecule is Cc1cccc(F)c1S(=O)(=O)N(C)[C@](C)(C#N)C1CC1.